The molecule has 0 aliphatic carbocycles. The van der Waals surface area contributed by atoms with Crippen LogP contribution in [0.1, 0.15) is 28.9 Å². The summed E-state index contributed by atoms with van der Waals surface area (Å²) in [5, 5.41) is 8.69. The number of aromatic nitrogens is 1. The summed E-state index contributed by atoms with van der Waals surface area (Å²) in [7, 11) is 1.17. The molecule has 0 bridgehead atoms. The lowest BCUT2D eigenvalue weighted by Gasteiger charge is -2.10. The van der Waals surface area contributed by atoms with E-state index in [9.17, 15) is 13.6 Å². The van der Waals surface area contributed by atoms with E-state index in [1.165, 1.54) is 20.1 Å². The Labute approximate surface area is 96.8 Å². The number of nitriles is 1. The third-order valence-electron chi connectivity index (χ3n) is 2.23. The molecular formula is C11H10F2N2O2. The normalized spacial score (nSPS) is 10.1. The van der Waals surface area contributed by atoms with Gasteiger partial charge in [-0.05, 0) is 18.6 Å². The third kappa shape index (κ3) is 2.97. The summed E-state index contributed by atoms with van der Waals surface area (Å²) < 4.78 is 30.0. The van der Waals surface area contributed by atoms with Crippen LogP contribution in [0.5, 0.6) is 0 Å². The first kappa shape index (κ1) is 13.0. The minimum atomic E-state index is -2.74. The summed E-state index contributed by atoms with van der Waals surface area (Å²) in [5.41, 5.74) is -0.172. The van der Waals surface area contributed by atoms with E-state index in [0.717, 1.165) is 0 Å². The predicted molar refractivity (Wildman–Crippen MR) is 54.4 cm³/mol. The molecule has 17 heavy (non-hydrogen) atoms. The first-order chi connectivity index (χ1) is 7.99. The summed E-state index contributed by atoms with van der Waals surface area (Å²) >= 11 is 0. The van der Waals surface area contributed by atoms with Crippen LogP contribution in [0.2, 0.25) is 0 Å². The highest BCUT2D eigenvalue weighted by atomic mass is 19.3. The molecule has 0 radical (unpaired) electrons. The van der Waals surface area contributed by atoms with Gasteiger partial charge in [0.25, 0.3) is 6.43 Å². The van der Waals surface area contributed by atoms with Crippen molar-refractivity contribution in [1.82, 2.24) is 4.98 Å². The Morgan fingerprint density at radius 2 is 2.29 bits per heavy atom. The number of rotatable bonds is 3. The van der Waals surface area contributed by atoms with Crippen molar-refractivity contribution < 1.29 is 18.3 Å². The van der Waals surface area contributed by atoms with Gasteiger partial charge in [0.2, 0.25) is 0 Å². The minimum absolute atomic E-state index is 0.00537. The number of carbonyl (C=O) groups is 1. The fourth-order valence-corrected chi connectivity index (χ4v) is 1.48. The smallest absolute Gasteiger partial charge is 0.309 e. The average molecular weight is 240 g/mol. The monoisotopic (exact) mass is 240 g/mol. The molecule has 1 aromatic rings. The minimum Gasteiger partial charge on any atom is -0.469 e. The maximum absolute atomic E-state index is 12.8. The van der Waals surface area contributed by atoms with Crippen LogP contribution in [-0.4, -0.2) is 18.1 Å². The van der Waals surface area contributed by atoms with Crippen LogP contribution in [0.25, 0.3) is 0 Å². The molecular weight excluding hydrogens is 230 g/mol. The van der Waals surface area contributed by atoms with Crippen LogP contribution in [0.3, 0.4) is 0 Å². The lowest BCUT2D eigenvalue weighted by molar-refractivity contribution is -0.139. The fraction of sp³-hybridized carbons (Fsp3) is 0.364. The van der Waals surface area contributed by atoms with Crippen LogP contribution in [-0.2, 0) is 16.0 Å². The zero-order valence-electron chi connectivity index (χ0n) is 9.33. The number of hydrogen-bond donors (Lipinski definition) is 0. The molecule has 0 amide bonds. The largest absolute Gasteiger partial charge is 0.469 e. The highest BCUT2D eigenvalue weighted by molar-refractivity contribution is 5.73. The van der Waals surface area contributed by atoms with Crippen LogP contribution >= 0.6 is 0 Å². The van der Waals surface area contributed by atoms with Gasteiger partial charge in [-0.25, -0.2) is 13.8 Å². The fourth-order valence-electron chi connectivity index (χ4n) is 1.48. The predicted octanol–water partition coefficient (Wildman–Crippen LogP) is 1.91. The molecule has 0 unspecified atom stereocenters. The van der Waals surface area contributed by atoms with Gasteiger partial charge in [-0.15, -0.1) is 0 Å². The topological polar surface area (TPSA) is 63.0 Å². The van der Waals surface area contributed by atoms with Gasteiger partial charge in [0.05, 0.1) is 13.5 Å². The SMILES string of the molecule is COC(=O)Cc1cc(C#N)nc(C)c1C(F)F. The lowest BCUT2D eigenvalue weighted by atomic mass is 10.0. The quantitative estimate of drug-likeness (QED) is 0.757. The van der Waals surface area contributed by atoms with Crippen molar-refractivity contribution in [3.63, 3.8) is 0 Å². The number of methoxy groups -OCH3 is 1. The Morgan fingerprint density at radius 3 is 2.76 bits per heavy atom. The molecule has 0 saturated carbocycles. The second-order valence-electron chi connectivity index (χ2n) is 3.33. The van der Waals surface area contributed by atoms with E-state index < -0.39 is 12.4 Å². The van der Waals surface area contributed by atoms with Gasteiger partial charge in [-0.3, -0.25) is 4.79 Å². The van der Waals surface area contributed by atoms with E-state index in [4.69, 9.17) is 5.26 Å². The van der Waals surface area contributed by atoms with E-state index in [2.05, 4.69) is 9.72 Å². The maximum atomic E-state index is 12.8. The molecule has 6 heteroatoms. The summed E-state index contributed by atoms with van der Waals surface area (Å²) in [6, 6.07) is 2.94. The number of pyridine rings is 1. The zero-order valence-corrected chi connectivity index (χ0v) is 9.33. The number of ether oxygens (including phenoxy) is 1. The molecule has 1 aromatic heterocycles. The van der Waals surface area contributed by atoms with Crippen molar-refractivity contribution >= 4 is 5.97 Å². The maximum Gasteiger partial charge on any atom is 0.309 e. The molecule has 0 atom stereocenters. The van der Waals surface area contributed by atoms with Gasteiger partial charge < -0.3 is 4.74 Å². The zero-order chi connectivity index (χ0) is 13.0. The van der Waals surface area contributed by atoms with Gasteiger partial charge in [0.15, 0.2) is 0 Å². The van der Waals surface area contributed by atoms with Crippen molar-refractivity contribution in [2.24, 2.45) is 0 Å². The highest BCUT2D eigenvalue weighted by Crippen LogP contribution is 2.26. The molecule has 0 aliphatic rings. The van der Waals surface area contributed by atoms with E-state index >= 15 is 0 Å². The van der Waals surface area contributed by atoms with Crippen LogP contribution in [0, 0.1) is 18.3 Å². The van der Waals surface area contributed by atoms with E-state index in [1.54, 1.807) is 6.07 Å². The second kappa shape index (κ2) is 5.34. The van der Waals surface area contributed by atoms with Crippen LogP contribution in [0.15, 0.2) is 6.07 Å². The molecule has 4 nitrogen and oxygen atoms in total. The standard InChI is InChI=1S/C11H10F2N2O2/c1-6-10(11(12)13)7(4-9(16)17-2)3-8(5-14)15-6/h3,11H,4H2,1-2H3. The number of esters is 1. The molecule has 0 N–H and O–H groups in total. The number of halogens is 2. The van der Waals surface area contributed by atoms with Gasteiger partial charge in [-0.1, -0.05) is 0 Å². The van der Waals surface area contributed by atoms with Gasteiger partial charge in [0, 0.05) is 11.3 Å². The molecule has 90 valence electrons. The Balaban J connectivity index is 3.28. The number of carbonyl (C=O) groups excluding carboxylic acids is 1. The molecule has 1 heterocycles. The Hall–Kier alpha value is -2.03. The van der Waals surface area contributed by atoms with Crippen molar-refractivity contribution in [3.8, 4) is 6.07 Å². The third-order valence-corrected chi connectivity index (χ3v) is 2.23. The van der Waals surface area contributed by atoms with E-state index in [0.29, 0.717) is 0 Å². The first-order valence-corrected chi connectivity index (χ1v) is 4.75. The Kier molecular flexibility index (Phi) is 4.10. The number of alkyl halides is 2. The molecule has 0 aromatic carbocycles. The average Bonchev–Trinajstić information content (AvgIpc) is 2.27. The van der Waals surface area contributed by atoms with E-state index in [1.807, 2.05) is 0 Å². The highest BCUT2D eigenvalue weighted by Gasteiger charge is 2.20. The van der Waals surface area contributed by atoms with Crippen LogP contribution in [0.4, 0.5) is 8.78 Å². The summed E-state index contributed by atoms with van der Waals surface area (Å²) in [4.78, 5) is 14.8. The van der Waals surface area contributed by atoms with Crippen molar-refractivity contribution in [2.75, 3.05) is 7.11 Å². The van der Waals surface area contributed by atoms with E-state index in [-0.39, 0.29) is 28.9 Å². The van der Waals surface area contributed by atoms with Crippen molar-refractivity contribution in [2.45, 2.75) is 19.8 Å². The molecule has 0 saturated heterocycles. The Morgan fingerprint density at radius 1 is 1.65 bits per heavy atom. The van der Waals surface area contributed by atoms with Crippen molar-refractivity contribution in [3.05, 3.63) is 28.6 Å². The lowest BCUT2D eigenvalue weighted by Crippen LogP contribution is -2.10. The molecule has 0 spiro atoms. The van der Waals surface area contributed by atoms with Gasteiger partial charge >= 0.3 is 5.97 Å². The second-order valence-corrected chi connectivity index (χ2v) is 3.33. The van der Waals surface area contributed by atoms with Gasteiger partial charge in [0.1, 0.15) is 11.8 Å². The molecule has 1 rings (SSSR count). The summed E-state index contributed by atoms with van der Waals surface area (Å²) in [6.45, 7) is 1.38. The van der Waals surface area contributed by atoms with Crippen LogP contribution < -0.4 is 0 Å². The molecule has 0 fully saturated rings. The van der Waals surface area contributed by atoms with Gasteiger partial charge in [-0.2, -0.15) is 5.26 Å². The first-order valence-electron chi connectivity index (χ1n) is 4.75. The molecule has 0 aliphatic heterocycles. The number of nitrogens with zero attached hydrogens (tertiary/aromatic N) is 2. The number of hydrogen-bond acceptors (Lipinski definition) is 4. The Bertz CT molecular complexity index is 481. The summed E-state index contributed by atoms with van der Waals surface area (Å²) in [6.07, 6.45) is -3.04. The van der Waals surface area contributed by atoms with Crippen molar-refractivity contribution in [1.29, 1.82) is 5.26 Å². The summed E-state index contributed by atoms with van der Waals surface area (Å²) in [5.74, 6) is -0.638. The number of aryl methyl sites for hydroxylation is 1.